The molecule has 29 heavy (non-hydrogen) atoms. The lowest BCUT2D eigenvalue weighted by atomic mass is 10.1. The molecule has 0 bridgehead atoms. The molecule has 1 amide bonds. The van der Waals surface area contributed by atoms with Crippen molar-refractivity contribution in [2.24, 2.45) is 0 Å². The second kappa shape index (κ2) is 7.02. The summed E-state index contributed by atoms with van der Waals surface area (Å²) in [7, 11) is 0. The molecule has 0 aliphatic carbocycles. The van der Waals surface area contributed by atoms with E-state index >= 15 is 0 Å². The van der Waals surface area contributed by atoms with E-state index in [1.165, 1.54) is 12.1 Å². The molecule has 8 heteroatoms. The molecule has 5 nitrogen and oxygen atoms in total. The number of aryl methyl sites for hydroxylation is 2. The van der Waals surface area contributed by atoms with Crippen LogP contribution in [0.5, 0.6) is 0 Å². The van der Waals surface area contributed by atoms with Gasteiger partial charge in [-0.25, -0.2) is 0 Å². The second-order valence-corrected chi connectivity index (χ2v) is 7.29. The number of carbonyl (C=O) groups excluding carboxylic acids is 1. The van der Waals surface area contributed by atoms with Gasteiger partial charge in [-0.05, 0) is 49.2 Å². The van der Waals surface area contributed by atoms with Gasteiger partial charge in [-0.1, -0.05) is 23.4 Å². The number of nitrogens with zero attached hydrogens (tertiary/aromatic N) is 3. The van der Waals surface area contributed by atoms with Gasteiger partial charge in [0, 0.05) is 24.2 Å². The molecule has 1 fully saturated rings. The Bertz CT molecular complexity index is 1050. The highest BCUT2D eigenvalue weighted by atomic mass is 19.4. The predicted octanol–water partition coefficient (Wildman–Crippen LogP) is 4.89. The van der Waals surface area contributed by atoms with Crippen LogP contribution in [0.4, 0.5) is 18.9 Å². The van der Waals surface area contributed by atoms with E-state index < -0.39 is 11.7 Å². The lowest BCUT2D eigenvalue weighted by molar-refractivity contribution is -0.137. The molecule has 2 aromatic carbocycles. The standard InChI is InChI=1S/C21H18F3N3O2/c1-12-6-13(2)8-17(7-12)27-11-15(10-18(27)28)20-25-19(26-29-20)14-4-3-5-16(9-14)21(22,23)24/h3-9,15H,10-11H2,1-2H3/t15-/m0/s1. The van der Waals surface area contributed by atoms with Crippen LogP contribution in [0.2, 0.25) is 0 Å². The van der Waals surface area contributed by atoms with Crippen LogP contribution >= 0.6 is 0 Å². The van der Waals surface area contributed by atoms with Crippen molar-refractivity contribution in [3.05, 3.63) is 65.0 Å². The maximum atomic E-state index is 12.9. The average Bonchev–Trinajstić information content (AvgIpc) is 3.27. The Balaban J connectivity index is 1.57. The molecule has 2 heterocycles. The Hall–Kier alpha value is -3.16. The molecule has 0 saturated carbocycles. The van der Waals surface area contributed by atoms with E-state index in [1.54, 1.807) is 4.90 Å². The minimum atomic E-state index is -4.45. The zero-order chi connectivity index (χ0) is 20.8. The Morgan fingerprint density at radius 3 is 2.52 bits per heavy atom. The summed E-state index contributed by atoms with van der Waals surface area (Å²) < 4.78 is 44.1. The van der Waals surface area contributed by atoms with Crippen LogP contribution in [0.1, 0.15) is 34.9 Å². The van der Waals surface area contributed by atoms with Crippen LogP contribution < -0.4 is 4.90 Å². The molecular formula is C21H18F3N3O2. The highest BCUT2D eigenvalue weighted by molar-refractivity contribution is 5.96. The van der Waals surface area contributed by atoms with Crippen molar-refractivity contribution >= 4 is 11.6 Å². The van der Waals surface area contributed by atoms with Gasteiger partial charge < -0.3 is 9.42 Å². The van der Waals surface area contributed by atoms with E-state index in [0.717, 1.165) is 28.9 Å². The first-order valence-electron chi connectivity index (χ1n) is 9.10. The van der Waals surface area contributed by atoms with E-state index in [4.69, 9.17) is 4.52 Å². The molecule has 0 N–H and O–H groups in total. The third-order valence-corrected chi connectivity index (χ3v) is 4.88. The molecule has 1 aliphatic heterocycles. The Morgan fingerprint density at radius 1 is 1.10 bits per heavy atom. The van der Waals surface area contributed by atoms with Gasteiger partial charge >= 0.3 is 6.18 Å². The molecule has 0 spiro atoms. The van der Waals surface area contributed by atoms with Crippen LogP contribution in [0.3, 0.4) is 0 Å². The number of halogens is 3. The highest BCUT2D eigenvalue weighted by Crippen LogP contribution is 2.34. The first kappa shape index (κ1) is 19.2. The van der Waals surface area contributed by atoms with Gasteiger partial charge in [-0.15, -0.1) is 0 Å². The van der Waals surface area contributed by atoms with Gasteiger partial charge in [0.2, 0.25) is 17.6 Å². The fourth-order valence-corrected chi connectivity index (χ4v) is 3.58. The minimum Gasteiger partial charge on any atom is -0.339 e. The van der Waals surface area contributed by atoms with E-state index in [9.17, 15) is 18.0 Å². The molecular weight excluding hydrogens is 383 g/mol. The van der Waals surface area contributed by atoms with Gasteiger partial charge in [0.1, 0.15) is 0 Å². The van der Waals surface area contributed by atoms with Crippen molar-refractivity contribution in [3.63, 3.8) is 0 Å². The number of rotatable bonds is 3. The maximum absolute atomic E-state index is 12.9. The SMILES string of the molecule is Cc1cc(C)cc(N2C[C@@H](c3nc(-c4cccc(C(F)(F)F)c4)no3)CC2=O)c1. The summed E-state index contributed by atoms with van der Waals surface area (Å²) in [5.41, 5.74) is 2.36. The lowest BCUT2D eigenvalue weighted by Crippen LogP contribution is -2.24. The summed E-state index contributed by atoms with van der Waals surface area (Å²) in [6.07, 6.45) is -4.25. The van der Waals surface area contributed by atoms with Gasteiger partial charge in [0.15, 0.2) is 0 Å². The summed E-state index contributed by atoms with van der Waals surface area (Å²) in [5.74, 6) is -0.0461. The number of anilines is 1. The topological polar surface area (TPSA) is 59.2 Å². The first-order chi connectivity index (χ1) is 13.7. The third kappa shape index (κ3) is 3.87. The van der Waals surface area contributed by atoms with Gasteiger partial charge in [-0.2, -0.15) is 18.2 Å². The van der Waals surface area contributed by atoms with Gasteiger partial charge in [-0.3, -0.25) is 4.79 Å². The second-order valence-electron chi connectivity index (χ2n) is 7.29. The third-order valence-electron chi connectivity index (χ3n) is 4.88. The summed E-state index contributed by atoms with van der Waals surface area (Å²) in [4.78, 5) is 18.5. The fraction of sp³-hybridized carbons (Fsp3) is 0.286. The molecule has 1 aliphatic rings. The quantitative estimate of drug-likeness (QED) is 0.627. The Morgan fingerprint density at radius 2 is 1.83 bits per heavy atom. The monoisotopic (exact) mass is 401 g/mol. The molecule has 0 radical (unpaired) electrons. The lowest BCUT2D eigenvalue weighted by Gasteiger charge is -2.17. The number of carbonyl (C=O) groups is 1. The number of hydrogen-bond donors (Lipinski definition) is 0. The molecule has 0 unspecified atom stereocenters. The maximum Gasteiger partial charge on any atom is 0.416 e. The van der Waals surface area contributed by atoms with Crippen LogP contribution in [0, 0.1) is 13.8 Å². The summed E-state index contributed by atoms with van der Waals surface area (Å²) in [6, 6.07) is 10.7. The van der Waals surface area contributed by atoms with E-state index in [1.807, 2.05) is 32.0 Å². The van der Waals surface area contributed by atoms with Gasteiger partial charge in [0.25, 0.3) is 0 Å². The minimum absolute atomic E-state index is 0.0566. The Labute approximate surface area is 165 Å². The zero-order valence-corrected chi connectivity index (χ0v) is 15.8. The van der Waals surface area contributed by atoms with E-state index in [-0.39, 0.29) is 35.5 Å². The number of alkyl halides is 3. The molecule has 1 saturated heterocycles. The molecule has 4 rings (SSSR count). The largest absolute Gasteiger partial charge is 0.416 e. The van der Waals surface area contributed by atoms with E-state index in [2.05, 4.69) is 10.1 Å². The average molecular weight is 401 g/mol. The molecule has 1 atom stereocenters. The van der Waals surface area contributed by atoms with Crippen LogP contribution in [0.15, 0.2) is 47.0 Å². The normalized spacial score (nSPS) is 17.2. The van der Waals surface area contributed by atoms with Crippen molar-refractivity contribution in [1.29, 1.82) is 0 Å². The number of aromatic nitrogens is 2. The summed E-state index contributed by atoms with van der Waals surface area (Å²) in [5, 5.41) is 3.82. The van der Waals surface area contributed by atoms with Crippen LogP contribution in [-0.4, -0.2) is 22.6 Å². The van der Waals surface area contributed by atoms with Crippen molar-refractivity contribution < 1.29 is 22.5 Å². The van der Waals surface area contributed by atoms with Crippen molar-refractivity contribution in [2.75, 3.05) is 11.4 Å². The van der Waals surface area contributed by atoms with Crippen LogP contribution in [-0.2, 0) is 11.0 Å². The molecule has 150 valence electrons. The highest BCUT2D eigenvalue weighted by Gasteiger charge is 2.36. The van der Waals surface area contributed by atoms with Crippen molar-refractivity contribution in [2.45, 2.75) is 32.4 Å². The number of benzene rings is 2. The molecule has 3 aromatic rings. The zero-order valence-electron chi connectivity index (χ0n) is 15.8. The number of amides is 1. The fourth-order valence-electron chi connectivity index (χ4n) is 3.58. The predicted molar refractivity (Wildman–Crippen MR) is 100 cm³/mol. The first-order valence-corrected chi connectivity index (χ1v) is 9.10. The number of hydrogen-bond acceptors (Lipinski definition) is 4. The summed E-state index contributed by atoms with van der Waals surface area (Å²) >= 11 is 0. The van der Waals surface area contributed by atoms with Crippen molar-refractivity contribution in [1.82, 2.24) is 10.1 Å². The van der Waals surface area contributed by atoms with Gasteiger partial charge in [0.05, 0.1) is 11.5 Å². The van der Waals surface area contributed by atoms with Crippen LogP contribution in [0.25, 0.3) is 11.4 Å². The Kier molecular flexibility index (Phi) is 4.64. The smallest absolute Gasteiger partial charge is 0.339 e. The van der Waals surface area contributed by atoms with Crippen molar-refractivity contribution in [3.8, 4) is 11.4 Å². The summed E-state index contributed by atoms with van der Waals surface area (Å²) in [6.45, 7) is 4.31. The molecule has 1 aromatic heterocycles. The van der Waals surface area contributed by atoms with E-state index in [0.29, 0.717) is 6.54 Å².